The van der Waals surface area contributed by atoms with Gasteiger partial charge in [0.2, 0.25) is 11.8 Å². The van der Waals surface area contributed by atoms with Gasteiger partial charge in [-0.05, 0) is 13.8 Å². The maximum absolute atomic E-state index is 11.5. The molecule has 17 heavy (non-hydrogen) atoms. The molecule has 0 atom stereocenters. The van der Waals surface area contributed by atoms with Gasteiger partial charge in [0, 0.05) is 6.54 Å². The topological polar surface area (TPSA) is 116 Å². The number of hydrogen-bond donors (Lipinski definition) is 2. The summed E-state index contributed by atoms with van der Waals surface area (Å²) >= 11 is 0. The third kappa shape index (κ3) is 5.86. The molecule has 0 aromatic heterocycles. The zero-order valence-electron chi connectivity index (χ0n) is 10.4. The maximum atomic E-state index is 11.5. The van der Waals surface area contributed by atoms with Crippen LogP contribution in [0.2, 0.25) is 0 Å². The van der Waals surface area contributed by atoms with Crippen LogP contribution in [-0.2, 0) is 19.1 Å². The Kier molecular flexibility index (Phi) is 5.60. The fraction of sp³-hybridized carbons (Fsp3) is 0.700. The Morgan fingerprint density at radius 1 is 1.12 bits per heavy atom. The van der Waals surface area contributed by atoms with Crippen molar-refractivity contribution >= 4 is 17.8 Å². The van der Waals surface area contributed by atoms with Crippen molar-refractivity contribution in [1.29, 1.82) is 0 Å². The van der Waals surface area contributed by atoms with E-state index < -0.39 is 23.2 Å². The van der Waals surface area contributed by atoms with Crippen LogP contribution in [0.4, 0.5) is 0 Å². The highest BCUT2D eigenvalue weighted by Gasteiger charge is 2.31. The average molecular weight is 245 g/mol. The van der Waals surface area contributed by atoms with E-state index in [1.807, 2.05) is 0 Å². The van der Waals surface area contributed by atoms with Crippen molar-refractivity contribution in [2.75, 3.05) is 26.7 Å². The molecule has 7 heteroatoms. The molecule has 0 aliphatic carbocycles. The average Bonchev–Trinajstić information content (AvgIpc) is 2.13. The first-order chi connectivity index (χ1) is 7.69. The van der Waals surface area contributed by atoms with E-state index >= 15 is 0 Å². The summed E-state index contributed by atoms with van der Waals surface area (Å²) in [6.07, 6.45) is 0. The number of hydrogen-bond acceptors (Lipinski definition) is 5. The van der Waals surface area contributed by atoms with Gasteiger partial charge in [0.25, 0.3) is 0 Å². The number of primary amides is 2. The van der Waals surface area contributed by atoms with Gasteiger partial charge in [0.1, 0.15) is 0 Å². The van der Waals surface area contributed by atoms with Gasteiger partial charge in [-0.3, -0.25) is 19.3 Å². The molecule has 0 fully saturated rings. The highest BCUT2D eigenvalue weighted by Crippen LogP contribution is 2.18. The minimum Gasteiger partial charge on any atom is -0.469 e. The van der Waals surface area contributed by atoms with Crippen molar-refractivity contribution in [1.82, 2.24) is 4.90 Å². The molecule has 7 nitrogen and oxygen atoms in total. The summed E-state index contributed by atoms with van der Waals surface area (Å²) < 4.78 is 4.63. The van der Waals surface area contributed by atoms with Gasteiger partial charge in [-0.1, -0.05) is 0 Å². The Bertz CT molecular complexity index is 299. The molecule has 0 bridgehead atoms. The standard InChI is InChI=1S/C10H19N3O4/c1-10(2,9(16)17-3)6-13(4-7(11)14)5-8(12)15/h4-6H2,1-3H3,(H2,11,14)(H2,12,15). The van der Waals surface area contributed by atoms with E-state index in [9.17, 15) is 14.4 Å². The van der Waals surface area contributed by atoms with Crippen LogP contribution < -0.4 is 11.5 Å². The van der Waals surface area contributed by atoms with Crippen LogP contribution in [0.25, 0.3) is 0 Å². The van der Waals surface area contributed by atoms with Gasteiger partial charge in [0.05, 0.1) is 25.6 Å². The number of carbonyl (C=O) groups excluding carboxylic acids is 3. The van der Waals surface area contributed by atoms with E-state index in [1.165, 1.54) is 12.0 Å². The summed E-state index contributed by atoms with van der Waals surface area (Å²) in [5.74, 6) is -1.62. The van der Waals surface area contributed by atoms with E-state index in [2.05, 4.69) is 4.74 Å². The summed E-state index contributed by atoms with van der Waals surface area (Å²) in [5, 5.41) is 0. The van der Waals surface area contributed by atoms with E-state index in [0.29, 0.717) is 0 Å². The quantitative estimate of drug-likeness (QED) is 0.527. The number of nitrogens with zero attached hydrogens (tertiary/aromatic N) is 1. The molecule has 0 rings (SSSR count). The molecule has 0 unspecified atom stereocenters. The molecule has 0 aliphatic rings. The first-order valence-electron chi connectivity index (χ1n) is 5.06. The minimum atomic E-state index is -0.848. The lowest BCUT2D eigenvalue weighted by Crippen LogP contribution is -2.46. The number of ether oxygens (including phenoxy) is 1. The first-order valence-corrected chi connectivity index (χ1v) is 5.06. The molecule has 0 spiro atoms. The second-order valence-electron chi connectivity index (χ2n) is 4.45. The van der Waals surface area contributed by atoms with Crippen molar-refractivity contribution in [3.05, 3.63) is 0 Å². The monoisotopic (exact) mass is 245 g/mol. The van der Waals surface area contributed by atoms with Gasteiger partial charge in [-0.25, -0.2) is 0 Å². The normalized spacial score (nSPS) is 11.3. The van der Waals surface area contributed by atoms with Crippen LogP contribution in [0.5, 0.6) is 0 Å². The maximum Gasteiger partial charge on any atom is 0.312 e. The molecule has 2 amide bonds. The molecular formula is C10H19N3O4. The predicted molar refractivity (Wildman–Crippen MR) is 60.6 cm³/mol. The lowest BCUT2D eigenvalue weighted by Gasteiger charge is -2.28. The molecule has 0 heterocycles. The van der Waals surface area contributed by atoms with Crippen molar-refractivity contribution in [2.24, 2.45) is 16.9 Å². The van der Waals surface area contributed by atoms with Gasteiger partial charge >= 0.3 is 5.97 Å². The Labute approximate surface area is 100 Å². The zero-order valence-corrected chi connectivity index (χ0v) is 10.4. The van der Waals surface area contributed by atoms with Crippen LogP contribution in [0.3, 0.4) is 0 Å². The Balaban J connectivity index is 4.66. The Morgan fingerprint density at radius 3 is 1.82 bits per heavy atom. The van der Waals surface area contributed by atoms with Crippen LogP contribution in [0.15, 0.2) is 0 Å². The summed E-state index contributed by atoms with van der Waals surface area (Å²) in [4.78, 5) is 34.5. The number of amides is 2. The summed E-state index contributed by atoms with van der Waals surface area (Å²) in [6.45, 7) is 3.18. The van der Waals surface area contributed by atoms with E-state index in [0.717, 1.165) is 0 Å². The number of carbonyl (C=O) groups is 3. The SMILES string of the molecule is COC(=O)C(C)(C)CN(CC(N)=O)CC(N)=O. The third-order valence-corrected chi connectivity index (χ3v) is 2.12. The molecule has 0 saturated carbocycles. The summed E-state index contributed by atoms with van der Waals surface area (Å²) in [6, 6.07) is 0. The van der Waals surface area contributed by atoms with E-state index in [-0.39, 0.29) is 19.6 Å². The van der Waals surface area contributed by atoms with E-state index in [1.54, 1.807) is 13.8 Å². The molecule has 0 aromatic carbocycles. The fourth-order valence-corrected chi connectivity index (χ4v) is 1.51. The van der Waals surface area contributed by atoms with Crippen LogP contribution >= 0.6 is 0 Å². The second-order valence-corrected chi connectivity index (χ2v) is 4.45. The molecule has 0 aromatic rings. The number of esters is 1. The van der Waals surface area contributed by atoms with Crippen LogP contribution in [0.1, 0.15) is 13.8 Å². The minimum absolute atomic E-state index is 0.136. The molecule has 98 valence electrons. The largest absolute Gasteiger partial charge is 0.469 e. The first kappa shape index (κ1) is 15.4. The lowest BCUT2D eigenvalue weighted by atomic mass is 9.93. The molecule has 4 N–H and O–H groups in total. The fourth-order valence-electron chi connectivity index (χ4n) is 1.51. The van der Waals surface area contributed by atoms with E-state index in [4.69, 9.17) is 11.5 Å². The molecular weight excluding hydrogens is 226 g/mol. The molecule has 0 radical (unpaired) electrons. The summed E-state index contributed by atoms with van der Waals surface area (Å²) in [5.41, 5.74) is 9.25. The molecule has 0 aliphatic heterocycles. The van der Waals surface area contributed by atoms with Crippen molar-refractivity contribution in [3.8, 4) is 0 Å². The Hall–Kier alpha value is -1.63. The number of methoxy groups -OCH3 is 1. The van der Waals surface area contributed by atoms with Gasteiger partial charge in [0.15, 0.2) is 0 Å². The third-order valence-electron chi connectivity index (χ3n) is 2.12. The second kappa shape index (κ2) is 6.19. The van der Waals surface area contributed by atoms with Crippen molar-refractivity contribution < 1.29 is 19.1 Å². The lowest BCUT2D eigenvalue weighted by molar-refractivity contribution is -0.152. The predicted octanol–water partition coefficient (Wildman–Crippen LogP) is -1.54. The Morgan fingerprint density at radius 2 is 1.53 bits per heavy atom. The highest BCUT2D eigenvalue weighted by atomic mass is 16.5. The number of nitrogens with two attached hydrogens (primary N) is 2. The van der Waals surface area contributed by atoms with Gasteiger partial charge < -0.3 is 16.2 Å². The van der Waals surface area contributed by atoms with Crippen LogP contribution in [0, 0.1) is 5.41 Å². The van der Waals surface area contributed by atoms with Gasteiger partial charge in [-0.15, -0.1) is 0 Å². The van der Waals surface area contributed by atoms with Crippen LogP contribution in [-0.4, -0.2) is 49.4 Å². The molecule has 0 saturated heterocycles. The van der Waals surface area contributed by atoms with Crippen molar-refractivity contribution in [3.63, 3.8) is 0 Å². The van der Waals surface area contributed by atoms with Crippen molar-refractivity contribution in [2.45, 2.75) is 13.8 Å². The number of rotatable bonds is 7. The summed E-state index contributed by atoms with van der Waals surface area (Å²) in [7, 11) is 1.27. The zero-order chi connectivity index (χ0) is 13.6. The van der Waals surface area contributed by atoms with Gasteiger partial charge in [-0.2, -0.15) is 0 Å². The highest BCUT2D eigenvalue weighted by molar-refractivity contribution is 5.80. The smallest absolute Gasteiger partial charge is 0.312 e.